The van der Waals surface area contributed by atoms with Gasteiger partial charge in [-0.25, -0.2) is 4.79 Å². The highest BCUT2D eigenvalue weighted by Gasteiger charge is 2.39. The molecule has 2 heterocycles. The van der Waals surface area contributed by atoms with Crippen molar-refractivity contribution in [3.63, 3.8) is 0 Å². The van der Waals surface area contributed by atoms with Crippen molar-refractivity contribution in [2.24, 2.45) is 0 Å². The molecule has 34 heavy (non-hydrogen) atoms. The molecule has 1 aliphatic heterocycles. The van der Waals surface area contributed by atoms with E-state index in [0.29, 0.717) is 0 Å². The van der Waals surface area contributed by atoms with Crippen LogP contribution in [0.15, 0.2) is 15.8 Å². The van der Waals surface area contributed by atoms with Crippen LogP contribution in [0.25, 0.3) is 0 Å². The molecule has 1 fully saturated rings. The minimum atomic E-state index is -0.962. The van der Waals surface area contributed by atoms with Crippen LogP contribution in [0.4, 0.5) is 0 Å². The van der Waals surface area contributed by atoms with Crippen LogP contribution in [0.1, 0.15) is 44.9 Å². The summed E-state index contributed by atoms with van der Waals surface area (Å²) in [5.41, 5.74) is -1.65. The monoisotopic (exact) mass is 479 g/mol. The molecule has 1 aliphatic rings. The van der Waals surface area contributed by atoms with Gasteiger partial charge < -0.3 is 29.4 Å². The molecule has 0 saturated carbocycles. The van der Waals surface area contributed by atoms with Gasteiger partial charge in [0.1, 0.15) is 29.8 Å². The van der Waals surface area contributed by atoms with Crippen molar-refractivity contribution in [3.05, 3.63) is 32.6 Å². The zero-order valence-corrected chi connectivity index (χ0v) is 18.6. The summed E-state index contributed by atoms with van der Waals surface area (Å²) >= 11 is 0. The number of carbonyl (C=O) groups excluding carboxylic acids is 4. The highest BCUT2D eigenvalue weighted by molar-refractivity contribution is 5.81. The molecule has 184 valence electrons. The Labute approximate surface area is 193 Å². The number of Topliss-reactive ketones (excluding diaryl/α,β-unsaturated/α-hetero) is 1. The lowest BCUT2D eigenvalue weighted by Crippen LogP contribution is -2.33. The molecular weight excluding hydrogens is 454 g/mol. The number of aliphatic hydroxyl groups excluding tert-OH is 1. The van der Waals surface area contributed by atoms with E-state index in [0.717, 1.165) is 17.7 Å². The summed E-state index contributed by atoms with van der Waals surface area (Å²) in [4.78, 5) is 71.6. The van der Waals surface area contributed by atoms with Crippen molar-refractivity contribution in [2.75, 3.05) is 19.8 Å². The number of rotatable bonds is 9. The predicted octanol–water partition coefficient (Wildman–Crippen LogP) is -1.87. The summed E-state index contributed by atoms with van der Waals surface area (Å²) in [5.74, 6) is 3.06. The SMILES string of the molecule is CC(=O)CCC(=O)O[C@@H]1C[C@H](n2cc(C#CCNC(=O)COC(C)=O)c(=O)[nH]c2=O)O[C@@H]1CO. The first kappa shape index (κ1) is 26.5. The van der Waals surface area contributed by atoms with Crippen molar-refractivity contribution in [3.8, 4) is 11.8 Å². The van der Waals surface area contributed by atoms with Crippen LogP contribution in [0.3, 0.4) is 0 Å². The minimum absolute atomic E-state index is 0.0159. The number of carbonyl (C=O) groups is 4. The fraction of sp³-hybridized carbons (Fsp3) is 0.524. The average Bonchev–Trinajstić information content (AvgIpc) is 3.17. The molecule has 13 heteroatoms. The number of nitrogens with one attached hydrogen (secondary N) is 2. The quantitative estimate of drug-likeness (QED) is 0.268. The second-order valence-electron chi connectivity index (χ2n) is 7.35. The molecule has 0 aromatic carbocycles. The van der Waals surface area contributed by atoms with E-state index in [1.54, 1.807) is 0 Å². The topological polar surface area (TPSA) is 183 Å². The van der Waals surface area contributed by atoms with Gasteiger partial charge in [-0.1, -0.05) is 11.8 Å². The first-order valence-electron chi connectivity index (χ1n) is 10.3. The van der Waals surface area contributed by atoms with Gasteiger partial charge in [0.05, 0.1) is 19.6 Å². The van der Waals surface area contributed by atoms with E-state index in [2.05, 4.69) is 26.9 Å². The third-order valence-electron chi connectivity index (χ3n) is 4.61. The maximum atomic E-state index is 12.3. The highest BCUT2D eigenvalue weighted by Crippen LogP contribution is 2.30. The molecular formula is C21H25N3O10. The predicted molar refractivity (Wildman–Crippen MR) is 113 cm³/mol. The van der Waals surface area contributed by atoms with Gasteiger partial charge in [0.15, 0.2) is 6.61 Å². The van der Waals surface area contributed by atoms with Crippen molar-refractivity contribution in [2.45, 2.75) is 51.5 Å². The third kappa shape index (κ3) is 7.98. The molecule has 0 unspecified atom stereocenters. The number of aliphatic hydroxyl groups is 1. The van der Waals surface area contributed by atoms with Crippen LogP contribution in [-0.4, -0.2) is 70.3 Å². The summed E-state index contributed by atoms with van der Waals surface area (Å²) < 4.78 is 16.5. The molecule has 0 bridgehead atoms. The Bertz CT molecular complexity index is 1110. The van der Waals surface area contributed by atoms with Crippen molar-refractivity contribution in [1.82, 2.24) is 14.9 Å². The van der Waals surface area contributed by atoms with E-state index < -0.39 is 60.7 Å². The molecule has 0 aliphatic carbocycles. The van der Waals surface area contributed by atoms with E-state index in [1.165, 1.54) is 6.92 Å². The van der Waals surface area contributed by atoms with Crippen molar-refractivity contribution >= 4 is 23.6 Å². The fourth-order valence-electron chi connectivity index (χ4n) is 2.95. The van der Waals surface area contributed by atoms with Gasteiger partial charge in [-0.2, -0.15) is 0 Å². The maximum absolute atomic E-state index is 12.3. The Balaban J connectivity index is 2.08. The number of aromatic nitrogens is 2. The van der Waals surface area contributed by atoms with Crippen LogP contribution in [-0.2, 0) is 33.4 Å². The smallest absolute Gasteiger partial charge is 0.330 e. The second kappa shape index (κ2) is 12.5. The molecule has 1 saturated heterocycles. The number of ketones is 1. The molecule has 13 nitrogen and oxygen atoms in total. The number of amides is 1. The molecule has 3 N–H and O–H groups in total. The zero-order valence-electron chi connectivity index (χ0n) is 18.6. The number of ether oxygens (including phenoxy) is 3. The number of nitrogens with zero attached hydrogens (tertiary/aromatic N) is 1. The normalized spacial score (nSPS) is 19.0. The minimum Gasteiger partial charge on any atom is -0.459 e. The van der Waals surface area contributed by atoms with E-state index in [1.807, 2.05) is 0 Å². The number of hydrogen-bond acceptors (Lipinski definition) is 10. The zero-order chi connectivity index (χ0) is 25.3. The molecule has 1 aromatic heterocycles. The summed E-state index contributed by atoms with van der Waals surface area (Å²) in [7, 11) is 0. The Hall–Kier alpha value is -3.76. The number of H-pyrrole nitrogens is 1. The van der Waals surface area contributed by atoms with Gasteiger partial charge in [-0.05, 0) is 6.92 Å². The third-order valence-corrected chi connectivity index (χ3v) is 4.61. The summed E-state index contributed by atoms with van der Waals surface area (Å²) in [6.45, 7) is 1.40. The van der Waals surface area contributed by atoms with Crippen molar-refractivity contribution in [1.29, 1.82) is 0 Å². The lowest BCUT2D eigenvalue weighted by atomic mass is 10.1. The molecule has 1 aromatic rings. The van der Waals surface area contributed by atoms with E-state index in [9.17, 15) is 33.9 Å². The Morgan fingerprint density at radius 1 is 1.26 bits per heavy atom. The van der Waals surface area contributed by atoms with Gasteiger partial charge in [0.2, 0.25) is 0 Å². The number of aromatic amines is 1. The van der Waals surface area contributed by atoms with Crippen LogP contribution in [0.5, 0.6) is 0 Å². The van der Waals surface area contributed by atoms with E-state index in [4.69, 9.17) is 9.47 Å². The van der Waals surface area contributed by atoms with Crippen LogP contribution < -0.4 is 16.6 Å². The largest absolute Gasteiger partial charge is 0.459 e. The summed E-state index contributed by atoms with van der Waals surface area (Å²) in [5, 5.41) is 11.9. The maximum Gasteiger partial charge on any atom is 0.330 e. The van der Waals surface area contributed by atoms with Crippen LogP contribution in [0.2, 0.25) is 0 Å². The summed E-state index contributed by atoms with van der Waals surface area (Å²) in [6, 6.07) is 0. The van der Waals surface area contributed by atoms with Crippen molar-refractivity contribution < 1.29 is 38.5 Å². The van der Waals surface area contributed by atoms with Crippen LogP contribution >= 0.6 is 0 Å². The van der Waals surface area contributed by atoms with Gasteiger partial charge in [0.25, 0.3) is 11.5 Å². The van der Waals surface area contributed by atoms with Gasteiger partial charge >= 0.3 is 17.6 Å². The molecule has 0 spiro atoms. The molecule has 3 atom stereocenters. The first-order valence-corrected chi connectivity index (χ1v) is 10.3. The number of esters is 2. The lowest BCUT2D eigenvalue weighted by Gasteiger charge is -2.16. The summed E-state index contributed by atoms with van der Waals surface area (Å²) in [6.07, 6.45) is -1.66. The van der Waals surface area contributed by atoms with E-state index >= 15 is 0 Å². The molecule has 0 radical (unpaired) electrons. The number of hydrogen-bond donors (Lipinski definition) is 3. The average molecular weight is 479 g/mol. The highest BCUT2D eigenvalue weighted by atomic mass is 16.6. The van der Waals surface area contributed by atoms with E-state index in [-0.39, 0.29) is 37.2 Å². The van der Waals surface area contributed by atoms with Gasteiger partial charge in [-0.15, -0.1) is 0 Å². The van der Waals surface area contributed by atoms with Gasteiger partial charge in [0, 0.05) is 26.0 Å². The Morgan fingerprint density at radius 3 is 2.65 bits per heavy atom. The second-order valence-corrected chi connectivity index (χ2v) is 7.35. The first-order chi connectivity index (χ1) is 16.1. The molecule has 2 rings (SSSR count). The standard InChI is InChI=1S/C21H25N3O10/c1-12(26)5-6-19(29)34-15-8-18(33-16(15)10-25)24-9-14(20(30)23-21(24)31)4-3-7-22-17(28)11-32-13(2)27/h9,15-16,18,25H,5-8,10-11H2,1-2H3,(H,22,28)(H,23,30,31)/t15-,16-,18-/m1/s1. The van der Waals surface area contributed by atoms with Crippen LogP contribution in [0, 0.1) is 11.8 Å². The Kier molecular flexibility index (Phi) is 9.72. The lowest BCUT2D eigenvalue weighted by molar-refractivity contribution is -0.153. The van der Waals surface area contributed by atoms with Gasteiger partial charge in [-0.3, -0.25) is 28.7 Å². The Morgan fingerprint density at radius 2 is 2.00 bits per heavy atom. The fourth-order valence-corrected chi connectivity index (χ4v) is 2.95. The molecule has 1 amide bonds.